The first-order chi connectivity index (χ1) is 8.60. The molecule has 6 heteroatoms. The van der Waals surface area contributed by atoms with Crippen LogP contribution in [0, 0.1) is 0 Å². The van der Waals surface area contributed by atoms with Crippen molar-refractivity contribution in [3.63, 3.8) is 0 Å². The van der Waals surface area contributed by atoms with E-state index in [0.29, 0.717) is 25.8 Å². The molecule has 0 aliphatic rings. The number of carbonyl (C=O) groups is 1. The summed E-state index contributed by atoms with van der Waals surface area (Å²) in [5.41, 5.74) is 2.06. The number of thiophene rings is 1. The molecule has 94 valence electrons. The van der Waals surface area contributed by atoms with Crippen LogP contribution in [0.4, 0.5) is 5.69 Å². The van der Waals surface area contributed by atoms with Crippen LogP contribution in [0.3, 0.4) is 0 Å². The molecule has 1 aromatic carbocycles. The van der Waals surface area contributed by atoms with E-state index in [-0.39, 0.29) is 5.91 Å². The van der Waals surface area contributed by atoms with Gasteiger partial charge in [0.1, 0.15) is 4.34 Å². The smallest absolute Gasteiger partial charge is 0.258 e. The van der Waals surface area contributed by atoms with E-state index in [9.17, 15) is 4.79 Å². The molecule has 1 amide bonds. The highest BCUT2D eigenvalue weighted by atomic mass is 35.5. The standard InChI is InChI=1S/C12H8Cl3NOS/c13-6-7-1-3-8(4-2-7)16-12(17)9-5-10(14)18-11(9)15/h1-5H,6H2,(H,16,17). The monoisotopic (exact) mass is 319 g/mol. The number of hydrogen-bond acceptors (Lipinski definition) is 2. The maximum Gasteiger partial charge on any atom is 0.258 e. The summed E-state index contributed by atoms with van der Waals surface area (Å²) in [5, 5.41) is 2.75. The Hall–Kier alpha value is -0.740. The highest BCUT2D eigenvalue weighted by molar-refractivity contribution is 7.20. The fourth-order valence-corrected chi connectivity index (χ4v) is 3.01. The van der Waals surface area contributed by atoms with Crippen LogP contribution in [-0.2, 0) is 5.88 Å². The van der Waals surface area contributed by atoms with Gasteiger partial charge in [-0.1, -0.05) is 35.3 Å². The molecule has 18 heavy (non-hydrogen) atoms. The molecule has 1 heterocycles. The van der Waals surface area contributed by atoms with Crippen LogP contribution in [0.15, 0.2) is 30.3 Å². The Morgan fingerprint density at radius 2 is 1.89 bits per heavy atom. The van der Waals surface area contributed by atoms with E-state index in [1.165, 1.54) is 11.3 Å². The molecule has 0 saturated carbocycles. The number of alkyl halides is 1. The van der Waals surface area contributed by atoms with Gasteiger partial charge in [-0.05, 0) is 23.8 Å². The Balaban J connectivity index is 2.13. The number of rotatable bonds is 3. The van der Waals surface area contributed by atoms with E-state index in [2.05, 4.69) is 5.32 Å². The van der Waals surface area contributed by atoms with Crippen molar-refractivity contribution in [1.29, 1.82) is 0 Å². The summed E-state index contributed by atoms with van der Waals surface area (Å²) in [6.45, 7) is 0. The van der Waals surface area contributed by atoms with Gasteiger partial charge >= 0.3 is 0 Å². The van der Waals surface area contributed by atoms with Gasteiger partial charge in [0.05, 0.1) is 9.90 Å². The van der Waals surface area contributed by atoms with Crippen molar-refractivity contribution >= 4 is 57.7 Å². The molecular weight excluding hydrogens is 313 g/mol. The van der Waals surface area contributed by atoms with Crippen molar-refractivity contribution in [3.8, 4) is 0 Å². The van der Waals surface area contributed by atoms with E-state index in [1.807, 2.05) is 12.1 Å². The summed E-state index contributed by atoms with van der Waals surface area (Å²) < 4.78 is 0.873. The zero-order chi connectivity index (χ0) is 13.1. The SMILES string of the molecule is O=C(Nc1ccc(CCl)cc1)c1cc(Cl)sc1Cl. The lowest BCUT2D eigenvalue weighted by atomic mass is 10.2. The number of nitrogens with one attached hydrogen (secondary N) is 1. The zero-order valence-electron chi connectivity index (χ0n) is 9.04. The van der Waals surface area contributed by atoms with Gasteiger partial charge in [-0.25, -0.2) is 0 Å². The number of amides is 1. The normalized spacial score (nSPS) is 10.4. The average Bonchev–Trinajstić information content (AvgIpc) is 2.69. The van der Waals surface area contributed by atoms with Crippen molar-refractivity contribution in [3.05, 3.63) is 50.1 Å². The predicted octanol–water partition coefficient (Wildman–Crippen LogP) is 5.05. The van der Waals surface area contributed by atoms with Gasteiger partial charge in [-0.15, -0.1) is 22.9 Å². The second kappa shape index (κ2) is 5.93. The Morgan fingerprint density at radius 3 is 2.39 bits per heavy atom. The summed E-state index contributed by atoms with van der Waals surface area (Å²) in [7, 11) is 0. The zero-order valence-corrected chi connectivity index (χ0v) is 12.1. The van der Waals surface area contributed by atoms with Crippen LogP contribution >= 0.6 is 46.1 Å². The first-order valence-electron chi connectivity index (χ1n) is 5.01. The largest absolute Gasteiger partial charge is 0.322 e. The summed E-state index contributed by atoms with van der Waals surface area (Å²) in [6, 6.07) is 8.83. The van der Waals surface area contributed by atoms with Gasteiger partial charge in [-0.3, -0.25) is 4.79 Å². The Labute approximate surface area is 123 Å². The number of halogens is 3. The topological polar surface area (TPSA) is 29.1 Å². The van der Waals surface area contributed by atoms with Crippen molar-refractivity contribution in [1.82, 2.24) is 0 Å². The van der Waals surface area contributed by atoms with E-state index in [4.69, 9.17) is 34.8 Å². The highest BCUT2D eigenvalue weighted by Crippen LogP contribution is 2.31. The lowest BCUT2D eigenvalue weighted by Crippen LogP contribution is -2.11. The molecule has 0 aliphatic heterocycles. The summed E-state index contributed by atoms with van der Waals surface area (Å²) >= 11 is 18.6. The molecule has 0 bridgehead atoms. The summed E-state index contributed by atoms with van der Waals surface area (Å²) in [6.07, 6.45) is 0. The molecule has 1 aromatic heterocycles. The molecule has 0 unspecified atom stereocenters. The summed E-state index contributed by atoms with van der Waals surface area (Å²) in [4.78, 5) is 11.9. The van der Waals surface area contributed by atoms with Crippen molar-refractivity contribution in [2.75, 3.05) is 5.32 Å². The molecular formula is C12H8Cl3NOS. The lowest BCUT2D eigenvalue weighted by molar-refractivity contribution is 0.102. The molecule has 0 atom stereocenters. The third-order valence-corrected chi connectivity index (χ3v) is 4.06. The van der Waals surface area contributed by atoms with E-state index >= 15 is 0 Å². The van der Waals surface area contributed by atoms with Crippen LogP contribution in [-0.4, -0.2) is 5.91 Å². The Kier molecular flexibility index (Phi) is 4.51. The quantitative estimate of drug-likeness (QED) is 0.788. The Morgan fingerprint density at radius 1 is 1.22 bits per heavy atom. The van der Waals surface area contributed by atoms with E-state index in [0.717, 1.165) is 5.56 Å². The predicted molar refractivity (Wildman–Crippen MR) is 78.3 cm³/mol. The van der Waals surface area contributed by atoms with Gasteiger partial charge in [0.2, 0.25) is 0 Å². The minimum absolute atomic E-state index is 0.276. The fraction of sp³-hybridized carbons (Fsp3) is 0.0833. The molecule has 0 fully saturated rings. The fourth-order valence-electron chi connectivity index (χ4n) is 1.37. The van der Waals surface area contributed by atoms with Crippen molar-refractivity contribution in [2.24, 2.45) is 0 Å². The molecule has 0 aliphatic carbocycles. The molecule has 0 radical (unpaired) electrons. The van der Waals surface area contributed by atoms with Crippen LogP contribution < -0.4 is 5.32 Å². The molecule has 0 spiro atoms. The number of anilines is 1. The van der Waals surface area contributed by atoms with Crippen LogP contribution in [0.25, 0.3) is 0 Å². The molecule has 2 nitrogen and oxygen atoms in total. The molecule has 2 rings (SSSR count). The lowest BCUT2D eigenvalue weighted by Gasteiger charge is -2.04. The van der Waals surface area contributed by atoms with Gasteiger partial charge in [0, 0.05) is 11.6 Å². The third-order valence-electron chi connectivity index (χ3n) is 2.27. The van der Waals surface area contributed by atoms with Crippen LogP contribution in [0.5, 0.6) is 0 Å². The van der Waals surface area contributed by atoms with Gasteiger partial charge in [-0.2, -0.15) is 0 Å². The van der Waals surface area contributed by atoms with Crippen molar-refractivity contribution in [2.45, 2.75) is 5.88 Å². The molecule has 2 aromatic rings. The second-order valence-corrected chi connectivity index (χ2v) is 6.08. The second-order valence-electron chi connectivity index (χ2n) is 3.52. The third kappa shape index (κ3) is 3.18. The van der Waals surface area contributed by atoms with Crippen LogP contribution in [0.1, 0.15) is 15.9 Å². The van der Waals surface area contributed by atoms with Crippen molar-refractivity contribution < 1.29 is 4.79 Å². The number of hydrogen-bond donors (Lipinski definition) is 1. The average molecular weight is 321 g/mol. The minimum Gasteiger partial charge on any atom is -0.322 e. The molecule has 1 N–H and O–H groups in total. The highest BCUT2D eigenvalue weighted by Gasteiger charge is 2.14. The first kappa shape index (κ1) is 13.7. The number of carbonyl (C=O) groups excluding carboxylic acids is 1. The van der Waals surface area contributed by atoms with E-state index < -0.39 is 0 Å². The molecule has 0 saturated heterocycles. The van der Waals surface area contributed by atoms with Gasteiger partial charge in [0.25, 0.3) is 5.91 Å². The van der Waals surface area contributed by atoms with Gasteiger partial charge < -0.3 is 5.32 Å². The Bertz CT molecular complexity index is 565. The minimum atomic E-state index is -0.276. The maximum absolute atomic E-state index is 11.9. The maximum atomic E-state index is 11.9. The number of benzene rings is 1. The summed E-state index contributed by atoms with van der Waals surface area (Å²) in [5.74, 6) is 0.169. The van der Waals surface area contributed by atoms with Crippen LogP contribution in [0.2, 0.25) is 8.67 Å². The van der Waals surface area contributed by atoms with E-state index in [1.54, 1.807) is 18.2 Å². The van der Waals surface area contributed by atoms with Gasteiger partial charge in [0.15, 0.2) is 0 Å². The first-order valence-corrected chi connectivity index (χ1v) is 7.12.